The second-order valence-electron chi connectivity index (χ2n) is 4.27. The third-order valence-corrected chi connectivity index (χ3v) is 3.24. The molecule has 0 bridgehead atoms. The first-order valence-electron chi connectivity index (χ1n) is 5.59. The summed E-state index contributed by atoms with van der Waals surface area (Å²) in [7, 11) is 0. The summed E-state index contributed by atoms with van der Waals surface area (Å²) in [4.78, 5) is 8.29. The molecule has 1 aliphatic rings. The first kappa shape index (κ1) is 9.39. The molecule has 82 valence electrons. The van der Waals surface area contributed by atoms with Gasteiger partial charge in [0.05, 0.1) is 5.52 Å². The average molecular weight is 214 g/mol. The van der Waals surface area contributed by atoms with Crippen LogP contribution in [0, 0.1) is 0 Å². The highest BCUT2D eigenvalue weighted by atomic mass is 15.0. The van der Waals surface area contributed by atoms with E-state index < -0.39 is 0 Å². The van der Waals surface area contributed by atoms with Gasteiger partial charge in [0.2, 0.25) is 5.95 Å². The van der Waals surface area contributed by atoms with E-state index in [-0.39, 0.29) is 5.95 Å². The fourth-order valence-corrected chi connectivity index (χ4v) is 2.52. The van der Waals surface area contributed by atoms with E-state index in [0.29, 0.717) is 5.82 Å². The molecule has 0 atom stereocenters. The number of aromatic nitrogens is 2. The molecule has 1 aromatic heterocycles. The third kappa shape index (κ3) is 1.30. The molecule has 2 aromatic rings. The smallest absolute Gasteiger partial charge is 0.222 e. The monoisotopic (exact) mass is 214 g/mol. The number of hydrogen-bond donors (Lipinski definition) is 2. The van der Waals surface area contributed by atoms with Gasteiger partial charge in [0, 0.05) is 5.39 Å². The quantitative estimate of drug-likeness (QED) is 0.699. The van der Waals surface area contributed by atoms with E-state index in [0.717, 1.165) is 23.7 Å². The molecule has 0 unspecified atom stereocenters. The number of anilines is 2. The molecule has 4 heteroatoms. The third-order valence-electron chi connectivity index (χ3n) is 3.24. The van der Waals surface area contributed by atoms with Crippen LogP contribution in [0.3, 0.4) is 0 Å². The van der Waals surface area contributed by atoms with Gasteiger partial charge in [-0.05, 0) is 42.9 Å². The fourth-order valence-electron chi connectivity index (χ4n) is 2.52. The van der Waals surface area contributed by atoms with E-state index in [4.69, 9.17) is 11.5 Å². The summed E-state index contributed by atoms with van der Waals surface area (Å²) in [6.07, 6.45) is 4.68. The zero-order valence-corrected chi connectivity index (χ0v) is 9.03. The van der Waals surface area contributed by atoms with E-state index in [2.05, 4.69) is 16.0 Å². The zero-order chi connectivity index (χ0) is 11.1. The van der Waals surface area contributed by atoms with Crippen molar-refractivity contribution < 1.29 is 0 Å². The lowest BCUT2D eigenvalue weighted by Gasteiger charge is -2.18. The van der Waals surface area contributed by atoms with Crippen LogP contribution in [-0.2, 0) is 12.8 Å². The van der Waals surface area contributed by atoms with Crippen molar-refractivity contribution in [1.29, 1.82) is 0 Å². The molecule has 0 fully saturated rings. The molecule has 0 saturated heterocycles. The van der Waals surface area contributed by atoms with Crippen LogP contribution < -0.4 is 11.5 Å². The summed E-state index contributed by atoms with van der Waals surface area (Å²) < 4.78 is 0. The van der Waals surface area contributed by atoms with Gasteiger partial charge in [-0.25, -0.2) is 4.98 Å². The van der Waals surface area contributed by atoms with Crippen LogP contribution in [0.25, 0.3) is 10.9 Å². The Kier molecular flexibility index (Phi) is 1.96. The van der Waals surface area contributed by atoms with E-state index in [1.807, 2.05) is 6.07 Å². The highest BCUT2D eigenvalue weighted by Crippen LogP contribution is 2.31. The first-order valence-corrected chi connectivity index (χ1v) is 5.59. The van der Waals surface area contributed by atoms with E-state index >= 15 is 0 Å². The van der Waals surface area contributed by atoms with Crippen molar-refractivity contribution >= 4 is 22.7 Å². The Hall–Kier alpha value is -1.84. The molecule has 0 aliphatic heterocycles. The largest absolute Gasteiger partial charge is 0.383 e. The van der Waals surface area contributed by atoms with Gasteiger partial charge in [-0.15, -0.1) is 0 Å². The Labute approximate surface area is 93.7 Å². The minimum atomic E-state index is 0.251. The van der Waals surface area contributed by atoms with Crippen LogP contribution in [-0.4, -0.2) is 9.97 Å². The molecule has 1 heterocycles. The van der Waals surface area contributed by atoms with Gasteiger partial charge in [-0.1, -0.05) is 6.07 Å². The SMILES string of the molecule is Nc1nc(N)c2c3c(ccc2n1)CCCC3. The number of nitrogen functional groups attached to an aromatic ring is 2. The summed E-state index contributed by atoms with van der Waals surface area (Å²) in [5, 5.41) is 1.01. The second-order valence-corrected chi connectivity index (χ2v) is 4.27. The molecule has 0 spiro atoms. The van der Waals surface area contributed by atoms with Crippen LogP contribution >= 0.6 is 0 Å². The molecule has 0 amide bonds. The summed E-state index contributed by atoms with van der Waals surface area (Å²) in [5.74, 6) is 0.766. The van der Waals surface area contributed by atoms with Crippen molar-refractivity contribution in [2.24, 2.45) is 0 Å². The molecular formula is C12H14N4. The van der Waals surface area contributed by atoms with E-state index in [9.17, 15) is 0 Å². The number of nitrogens with two attached hydrogens (primary N) is 2. The zero-order valence-electron chi connectivity index (χ0n) is 9.03. The molecule has 3 rings (SSSR count). The highest BCUT2D eigenvalue weighted by Gasteiger charge is 2.15. The topological polar surface area (TPSA) is 77.8 Å². The maximum absolute atomic E-state index is 5.95. The minimum absolute atomic E-state index is 0.251. The van der Waals surface area contributed by atoms with E-state index in [1.54, 1.807) is 0 Å². The van der Waals surface area contributed by atoms with Gasteiger partial charge in [-0.3, -0.25) is 0 Å². The average Bonchev–Trinajstić information content (AvgIpc) is 2.28. The van der Waals surface area contributed by atoms with Gasteiger partial charge >= 0.3 is 0 Å². The van der Waals surface area contributed by atoms with Crippen LogP contribution in [0.5, 0.6) is 0 Å². The molecule has 4 N–H and O–H groups in total. The first-order chi connectivity index (χ1) is 7.75. The molecular weight excluding hydrogens is 200 g/mol. The molecule has 0 saturated carbocycles. The fraction of sp³-hybridized carbons (Fsp3) is 0.333. The van der Waals surface area contributed by atoms with Gasteiger partial charge < -0.3 is 11.5 Å². The Bertz CT molecular complexity index is 562. The summed E-state index contributed by atoms with van der Waals surface area (Å²) >= 11 is 0. The Morgan fingerprint density at radius 3 is 2.69 bits per heavy atom. The maximum atomic E-state index is 5.95. The Balaban J connectivity index is 2.38. The van der Waals surface area contributed by atoms with Crippen molar-refractivity contribution in [2.75, 3.05) is 11.5 Å². The minimum Gasteiger partial charge on any atom is -0.383 e. The van der Waals surface area contributed by atoms with Crippen molar-refractivity contribution in [1.82, 2.24) is 9.97 Å². The molecule has 16 heavy (non-hydrogen) atoms. The van der Waals surface area contributed by atoms with Gasteiger partial charge in [0.1, 0.15) is 5.82 Å². The standard InChI is InChI=1S/C12H14N4/c13-11-10-8-4-2-1-3-7(8)5-6-9(10)15-12(14)16-11/h5-6H,1-4H2,(H4,13,14,15,16). The number of benzene rings is 1. The number of fused-ring (bicyclic) bond motifs is 3. The van der Waals surface area contributed by atoms with Crippen molar-refractivity contribution in [2.45, 2.75) is 25.7 Å². The van der Waals surface area contributed by atoms with Crippen LogP contribution in [0.2, 0.25) is 0 Å². The van der Waals surface area contributed by atoms with Crippen LogP contribution in [0.15, 0.2) is 12.1 Å². The predicted octanol–water partition coefficient (Wildman–Crippen LogP) is 1.67. The van der Waals surface area contributed by atoms with Crippen molar-refractivity contribution in [3.05, 3.63) is 23.3 Å². The molecule has 1 aliphatic carbocycles. The predicted molar refractivity (Wildman–Crippen MR) is 65.0 cm³/mol. The Morgan fingerprint density at radius 1 is 1.00 bits per heavy atom. The van der Waals surface area contributed by atoms with Gasteiger partial charge in [0.25, 0.3) is 0 Å². The number of hydrogen-bond acceptors (Lipinski definition) is 4. The van der Waals surface area contributed by atoms with Crippen LogP contribution in [0.4, 0.5) is 11.8 Å². The number of aryl methyl sites for hydroxylation is 2. The Morgan fingerprint density at radius 2 is 1.81 bits per heavy atom. The summed E-state index contributed by atoms with van der Waals surface area (Å²) in [6.45, 7) is 0. The van der Waals surface area contributed by atoms with Crippen LogP contribution in [0.1, 0.15) is 24.0 Å². The maximum Gasteiger partial charge on any atom is 0.222 e. The molecule has 0 radical (unpaired) electrons. The molecule has 4 nitrogen and oxygen atoms in total. The summed E-state index contributed by atoms with van der Waals surface area (Å²) in [5.41, 5.74) is 15.1. The highest BCUT2D eigenvalue weighted by molar-refractivity contribution is 5.93. The lowest BCUT2D eigenvalue weighted by molar-refractivity contribution is 0.690. The normalized spacial score (nSPS) is 15.0. The van der Waals surface area contributed by atoms with Gasteiger partial charge in [-0.2, -0.15) is 4.98 Å². The summed E-state index contributed by atoms with van der Waals surface area (Å²) in [6, 6.07) is 4.14. The van der Waals surface area contributed by atoms with Crippen molar-refractivity contribution in [3.63, 3.8) is 0 Å². The van der Waals surface area contributed by atoms with Gasteiger partial charge in [0.15, 0.2) is 0 Å². The van der Waals surface area contributed by atoms with Crippen molar-refractivity contribution in [3.8, 4) is 0 Å². The number of nitrogens with zero attached hydrogens (tertiary/aromatic N) is 2. The second kappa shape index (κ2) is 3.33. The number of rotatable bonds is 0. The van der Waals surface area contributed by atoms with E-state index in [1.165, 1.54) is 24.0 Å². The molecule has 1 aromatic carbocycles. The lowest BCUT2D eigenvalue weighted by Crippen LogP contribution is -2.07. The lowest BCUT2D eigenvalue weighted by atomic mass is 9.89.